The third-order valence-electron chi connectivity index (χ3n) is 4.39. The van der Waals surface area contributed by atoms with Crippen LogP contribution in [0.4, 0.5) is 17.3 Å². The van der Waals surface area contributed by atoms with Crippen molar-refractivity contribution in [2.45, 2.75) is 12.1 Å². The smallest absolute Gasteiger partial charge is 0.211 e. The number of ether oxygens (including phenoxy) is 2. The minimum atomic E-state index is -0.576. The number of fused-ring (bicyclic) bond motifs is 1. The number of aliphatic imine (C=N–C) groups is 1. The molecule has 0 aliphatic carbocycles. The first-order chi connectivity index (χ1) is 13.6. The molecule has 4 rings (SSSR count). The largest absolute Gasteiger partial charge is 0.491 e. The summed E-state index contributed by atoms with van der Waals surface area (Å²) in [7, 11) is 0. The highest BCUT2D eigenvalue weighted by Gasteiger charge is 2.29. The van der Waals surface area contributed by atoms with Gasteiger partial charge in [0.05, 0.1) is 12.3 Å². The van der Waals surface area contributed by atoms with Crippen LogP contribution in [-0.4, -0.2) is 30.3 Å². The van der Waals surface area contributed by atoms with Gasteiger partial charge in [0.25, 0.3) is 0 Å². The van der Waals surface area contributed by atoms with Crippen molar-refractivity contribution in [2.24, 2.45) is 4.99 Å². The van der Waals surface area contributed by atoms with Crippen LogP contribution >= 0.6 is 0 Å². The SMILES string of the molecule is N#CNC1=NC(c2ccc(OCC3CO3)cc2)c2c(nc(N)c(C#N)c2N)N1. The molecule has 140 valence electrons. The minimum Gasteiger partial charge on any atom is -0.491 e. The van der Waals surface area contributed by atoms with Gasteiger partial charge in [0, 0.05) is 5.56 Å². The second-order valence-electron chi connectivity index (χ2n) is 6.24. The van der Waals surface area contributed by atoms with E-state index in [4.69, 9.17) is 26.2 Å². The monoisotopic (exact) mass is 376 g/mol. The molecule has 10 nitrogen and oxygen atoms in total. The summed E-state index contributed by atoms with van der Waals surface area (Å²) in [5, 5.41) is 23.6. The van der Waals surface area contributed by atoms with Gasteiger partial charge in [-0.2, -0.15) is 10.5 Å². The summed E-state index contributed by atoms with van der Waals surface area (Å²) in [6, 6.07) is 8.73. The molecule has 2 aromatic rings. The van der Waals surface area contributed by atoms with Crippen molar-refractivity contribution in [3.8, 4) is 18.0 Å². The second kappa shape index (κ2) is 6.95. The zero-order chi connectivity index (χ0) is 19.7. The zero-order valence-electron chi connectivity index (χ0n) is 14.6. The van der Waals surface area contributed by atoms with Gasteiger partial charge in [0.15, 0.2) is 6.19 Å². The number of aromatic nitrogens is 1. The Morgan fingerprint density at radius 1 is 1.29 bits per heavy atom. The normalized spacial score (nSPS) is 19.3. The molecular formula is C18H16N8O2. The fourth-order valence-electron chi connectivity index (χ4n) is 2.92. The molecule has 10 heteroatoms. The van der Waals surface area contributed by atoms with Crippen LogP contribution in [0.15, 0.2) is 29.3 Å². The van der Waals surface area contributed by atoms with Crippen LogP contribution in [0.3, 0.4) is 0 Å². The Kier molecular flexibility index (Phi) is 4.32. The van der Waals surface area contributed by atoms with Gasteiger partial charge in [-0.15, -0.1) is 0 Å². The number of benzene rings is 1. The number of guanidine groups is 1. The molecule has 3 heterocycles. The Hall–Kier alpha value is -4.02. The summed E-state index contributed by atoms with van der Waals surface area (Å²) >= 11 is 0. The van der Waals surface area contributed by atoms with Crippen LogP contribution in [0, 0.1) is 22.8 Å². The highest BCUT2D eigenvalue weighted by atomic mass is 16.6. The number of nitrogens with two attached hydrogens (primary N) is 2. The first-order valence-electron chi connectivity index (χ1n) is 8.44. The fraction of sp³-hybridized carbons (Fsp3) is 0.222. The highest BCUT2D eigenvalue weighted by molar-refractivity contribution is 5.98. The van der Waals surface area contributed by atoms with Crippen LogP contribution in [0.5, 0.6) is 5.75 Å². The summed E-state index contributed by atoms with van der Waals surface area (Å²) in [5.74, 6) is 1.27. The van der Waals surface area contributed by atoms with Gasteiger partial charge in [-0.05, 0) is 17.7 Å². The lowest BCUT2D eigenvalue weighted by Crippen LogP contribution is -2.32. The number of pyridine rings is 1. The van der Waals surface area contributed by atoms with Crippen molar-refractivity contribution in [1.29, 1.82) is 10.5 Å². The van der Waals surface area contributed by atoms with Gasteiger partial charge in [0.1, 0.15) is 47.8 Å². The van der Waals surface area contributed by atoms with E-state index in [1.54, 1.807) is 0 Å². The molecule has 0 bridgehead atoms. The molecule has 1 aromatic heterocycles. The zero-order valence-corrected chi connectivity index (χ0v) is 14.6. The van der Waals surface area contributed by atoms with Gasteiger partial charge in [0.2, 0.25) is 5.96 Å². The van der Waals surface area contributed by atoms with Crippen molar-refractivity contribution < 1.29 is 9.47 Å². The molecule has 0 radical (unpaired) electrons. The highest BCUT2D eigenvalue weighted by Crippen LogP contribution is 2.40. The Morgan fingerprint density at radius 3 is 2.68 bits per heavy atom. The van der Waals surface area contributed by atoms with Crippen LogP contribution in [-0.2, 0) is 4.74 Å². The number of hydrogen-bond acceptors (Lipinski definition) is 10. The van der Waals surface area contributed by atoms with E-state index in [-0.39, 0.29) is 29.1 Å². The molecule has 28 heavy (non-hydrogen) atoms. The lowest BCUT2D eigenvalue weighted by molar-refractivity contribution is 0.263. The van der Waals surface area contributed by atoms with E-state index in [1.807, 2.05) is 36.5 Å². The number of nitrogen functional groups attached to an aromatic ring is 2. The van der Waals surface area contributed by atoms with E-state index >= 15 is 0 Å². The molecule has 2 aliphatic rings. The van der Waals surface area contributed by atoms with E-state index in [0.717, 1.165) is 12.2 Å². The van der Waals surface area contributed by atoms with Crippen molar-refractivity contribution in [3.05, 3.63) is 41.0 Å². The van der Waals surface area contributed by atoms with E-state index in [0.29, 0.717) is 23.7 Å². The second-order valence-corrected chi connectivity index (χ2v) is 6.24. The summed E-state index contributed by atoms with van der Waals surface area (Å²) in [6.45, 7) is 1.23. The number of rotatable bonds is 4. The molecule has 2 unspecified atom stereocenters. The maximum absolute atomic E-state index is 9.35. The quantitative estimate of drug-likeness (QED) is 0.343. The molecule has 2 atom stereocenters. The molecule has 0 spiro atoms. The van der Waals surface area contributed by atoms with E-state index in [9.17, 15) is 5.26 Å². The van der Waals surface area contributed by atoms with Crippen molar-refractivity contribution in [3.63, 3.8) is 0 Å². The molecule has 2 aliphatic heterocycles. The summed E-state index contributed by atoms with van der Waals surface area (Å²) in [4.78, 5) is 8.73. The van der Waals surface area contributed by atoms with Crippen LogP contribution in [0.25, 0.3) is 0 Å². The Bertz CT molecular complexity index is 1030. The van der Waals surface area contributed by atoms with Crippen LogP contribution in [0.2, 0.25) is 0 Å². The number of nitriles is 2. The van der Waals surface area contributed by atoms with Crippen LogP contribution < -0.4 is 26.8 Å². The average Bonchev–Trinajstić information content (AvgIpc) is 3.51. The predicted octanol–water partition coefficient (Wildman–Crippen LogP) is 0.837. The van der Waals surface area contributed by atoms with Crippen molar-refractivity contribution in [1.82, 2.24) is 10.3 Å². The maximum atomic E-state index is 9.35. The van der Waals surface area contributed by atoms with Gasteiger partial charge in [-0.3, -0.25) is 5.32 Å². The van der Waals surface area contributed by atoms with Gasteiger partial charge < -0.3 is 26.3 Å². The van der Waals surface area contributed by atoms with Crippen LogP contribution in [0.1, 0.15) is 22.7 Å². The van der Waals surface area contributed by atoms with Gasteiger partial charge in [-0.25, -0.2) is 9.98 Å². The Morgan fingerprint density at radius 2 is 2.04 bits per heavy atom. The first-order valence-corrected chi connectivity index (χ1v) is 8.44. The lowest BCUT2D eigenvalue weighted by Gasteiger charge is -2.26. The topological polar surface area (TPSA) is 171 Å². The van der Waals surface area contributed by atoms with E-state index < -0.39 is 6.04 Å². The molecule has 0 amide bonds. The number of nitrogens with zero attached hydrogens (tertiary/aromatic N) is 4. The van der Waals surface area contributed by atoms with Crippen molar-refractivity contribution in [2.75, 3.05) is 30.0 Å². The maximum Gasteiger partial charge on any atom is 0.211 e. The predicted molar refractivity (Wildman–Crippen MR) is 101 cm³/mol. The third-order valence-corrected chi connectivity index (χ3v) is 4.39. The molecule has 1 aromatic carbocycles. The first kappa shape index (κ1) is 17.4. The molecule has 0 saturated carbocycles. The number of nitrogens with one attached hydrogen (secondary N) is 2. The Balaban J connectivity index is 1.72. The van der Waals surface area contributed by atoms with E-state index in [1.165, 1.54) is 0 Å². The minimum absolute atomic E-state index is 0.00857. The summed E-state index contributed by atoms with van der Waals surface area (Å²) in [5.41, 5.74) is 13.7. The van der Waals surface area contributed by atoms with Crippen molar-refractivity contribution >= 4 is 23.3 Å². The number of anilines is 3. The Labute approximate surface area is 160 Å². The average molecular weight is 376 g/mol. The molecule has 1 fully saturated rings. The summed E-state index contributed by atoms with van der Waals surface area (Å²) in [6.07, 6.45) is 1.98. The molecular weight excluding hydrogens is 360 g/mol. The van der Waals surface area contributed by atoms with E-state index in [2.05, 4.69) is 20.6 Å². The van der Waals surface area contributed by atoms with Gasteiger partial charge in [-0.1, -0.05) is 12.1 Å². The molecule has 6 N–H and O–H groups in total. The molecule has 1 saturated heterocycles. The number of hydrogen-bond donors (Lipinski definition) is 4. The lowest BCUT2D eigenvalue weighted by atomic mass is 9.95. The standard InChI is InChI=1S/C18H16N8O2/c19-5-12-14(21)13-15(24-18(23-8-20)26-17(13)25-16(12)22)9-1-3-10(4-2-9)27-6-11-7-28-11/h1-4,11,15H,6-7H2,(H6,21,22,23,24,25,26). The van der Waals surface area contributed by atoms with Gasteiger partial charge >= 0.3 is 0 Å². The third kappa shape index (κ3) is 3.20. The fourth-order valence-corrected chi connectivity index (χ4v) is 2.92. The number of epoxide rings is 1. The summed E-state index contributed by atoms with van der Waals surface area (Å²) < 4.78 is 10.8.